The summed E-state index contributed by atoms with van der Waals surface area (Å²) in [7, 11) is 0. The Hall–Kier alpha value is -1.79. The maximum absolute atomic E-state index is 9.66. The Balaban J connectivity index is 2.52. The Kier molecular flexibility index (Phi) is 2.44. The van der Waals surface area contributed by atoms with E-state index in [0.717, 1.165) is 16.6 Å². The number of aliphatic hydroxyl groups excluding tert-OH is 1. The molecular formula is C12H12N2O. The summed E-state index contributed by atoms with van der Waals surface area (Å²) in [6.07, 6.45) is 0.223. The van der Waals surface area contributed by atoms with Gasteiger partial charge in [0.15, 0.2) is 0 Å². The fourth-order valence-electron chi connectivity index (χ4n) is 1.62. The van der Waals surface area contributed by atoms with Gasteiger partial charge in [-0.3, -0.25) is 0 Å². The number of H-pyrrole nitrogens is 1. The summed E-state index contributed by atoms with van der Waals surface area (Å²) in [5.74, 6) is 0. The molecule has 1 atom stereocenters. The molecule has 1 aromatic carbocycles. The van der Waals surface area contributed by atoms with Crippen LogP contribution in [0.5, 0.6) is 0 Å². The van der Waals surface area contributed by atoms with Crippen LogP contribution >= 0.6 is 0 Å². The van der Waals surface area contributed by atoms with Crippen LogP contribution in [0.25, 0.3) is 10.9 Å². The quantitative estimate of drug-likeness (QED) is 0.782. The van der Waals surface area contributed by atoms with Gasteiger partial charge in [0.25, 0.3) is 0 Å². The first kappa shape index (κ1) is 9.75. The van der Waals surface area contributed by atoms with Gasteiger partial charge in [0, 0.05) is 11.2 Å². The molecule has 2 aromatic rings. The fourth-order valence-corrected chi connectivity index (χ4v) is 1.62. The van der Waals surface area contributed by atoms with E-state index < -0.39 is 6.10 Å². The lowest BCUT2D eigenvalue weighted by Crippen LogP contribution is -1.94. The minimum Gasteiger partial charge on any atom is -0.387 e. The molecule has 15 heavy (non-hydrogen) atoms. The van der Waals surface area contributed by atoms with Crippen molar-refractivity contribution in [2.75, 3.05) is 0 Å². The summed E-state index contributed by atoms with van der Waals surface area (Å²) < 4.78 is 0. The summed E-state index contributed by atoms with van der Waals surface area (Å²) in [5.41, 5.74) is 2.33. The predicted molar refractivity (Wildman–Crippen MR) is 58.3 cm³/mol. The van der Waals surface area contributed by atoms with E-state index >= 15 is 0 Å². The van der Waals surface area contributed by atoms with Crippen LogP contribution < -0.4 is 0 Å². The molecule has 2 rings (SSSR count). The van der Waals surface area contributed by atoms with E-state index in [1.54, 1.807) is 12.1 Å². The highest BCUT2D eigenvalue weighted by molar-refractivity contribution is 5.81. The van der Waals surface area contributed by atoms with Crippen LogP contribution in [0.4, 0.5) is 0 Å². The molecule has 0 fully saturated rings. The third kappa shape index (κ3) is 1.72. The van der Waals surface area contributed by atoms with E-state index in [1.807, 2.05) is 19.1 Å². The zero-order valence-corrected chi connectivity index (χ0v) is 8.49. The van der Waals surface area contributed by atoms with E-state index in [1.165, 1.54) is 0 Å². The lowest BCUT2D eigenvalue weighted by Gasteiger charge is -2.02. The number of aromatic amines is 1. The fraction of sp³-hybridized carbons (Fsp3) is 0.250. The number of aromatic nitrogens is 1. The molecule has 0 spiro atoms. The van der Waals surface area contributed by atoms with Crippen molar-refractivity contribution >= 4 is 10.9 Å². The van der Waals surface area contributed by atoms with Crippen LogP contribution in [0.3, 0.4) is 0 Å². The van der Waals surface area contributed by atoms with Gasteiger partial charge >= 0.3 is 0 Å². The van der Waals surface area contributed by atoms with E-state index in [-0.39, 0.29) is 0 Å². The van der Waals surface area contributed by atoms with E-state index in [2.05, 4.69) is 11.1 Å². The van der Waals surface area contributed by atoms with E-state index in [9.17, 15) is 5.11 Å². The SMILES string of the molecule is CCC(O)c1cc2ccc(C#N)cc2[nH]1. The Morgan fingerprint density at radius 3 is 2.93 bits per heavy atom. The number of fused-ring (bicyclic) bond motifs is 1. The topological polar surface area (TPSA) is 59.8 Å². The molecule has 3 nitrogen and oxygen atoms in total. The molecule has 3 heteroatoms. The zero-order valence-electron chi connectivity index (χ0n) is 8.49. The van der Waals surface area contributed by atoms with E-state index in [0.29, 0.717) is 12.0 Å². The van der Waals surface area contributed by atoms with Gasteiger partial charge in [-0.1, -0.05) is 13.0 Å². The smallest absolute Gasteiger partial charge is 0.0992 e. The third-order valence-corrected chi connectivity index (χ3v) is 2.52. The van der Waals surface area contributed by atoms with Crippen molar-refractivity contribution in [3.05, 3.63) is 35.5 Å². The highest BCUT2D eigenvalue weighted by Gasteiger charge is 2.08. The molecule has 1 unspecified atom stereocenters. The second kappa shape index (κ2) is 3.76. The van der Waals surface area contributed by atoms with Crippen LogP contribution in [-0.4, -0.2) is 10.1 Å². The van der Waals surface area contributed by atoms with Gasteiger partial charge in [-0.25, -0.2) is 0 Å². The van der Waals surface area contributed by atoms with Crippen molar-refractivity contribution in [3.63, 3.8) is 0 Å². The van der Waals surface area contributed by atoms with Crippen molar-refractivity contribution in [3.8, 4) is 6.07 Å². The number of rotatable bonds is 2. The Bertz CT molecular complexity index is 522. The van der Waals surface area contributed by atoms with Crippen molar-refractivity contribution in [1.82, 2.24) is 4.98 Å². The van der Waals surface area contributed by atoms with Gasteiger partial charge in [-0.05, 0) is 30.0 Å². The largest absolute Gasteiger partial charge is 0.387 e. The normalized spacial score (nSPS) is 12.6. The second-order valence-corrected chi connectivity index (χ2v) is 3.56. The molecule has 0 radical (unpaired) electrons. The maximum atomic E-state index is 9.66. The van der Waals surface area contributed by atoms with Crippen LogP contribution in [-0.2, 0) is 0 Å². The van der Waals surface area contributed by atoms with Crippen LogP contribution in [0.2, 0.25) is 0 Å². The third-order valence-electron chi connectivity index (χ3n) is 2.52. The molecule has 2 N–H and O–H groups in total. The number of nitrogens with one attached hydrogen (secondary N) is 1. The first-order valence-electron chi connectivity index (χ1n) is 4.95. The van der Waals surface area contributed by atoms with Gasteiger partial charge in [-0.2, -0.15) is 5.26 Å². The van der Waals surface area contributed by atoms with Gasteiger partial charge in [0.05, 0.1) is 17.7 Å². The highest BCUT2D eigenvalue weighted by Crippen LogP contribution is 2.22. The van der Waals surface area contributed by atoms with Crippen LogP contribution in [0.15, 0.2) is 24.3 Å². The van der Waals surface area contributed by atoms with Crippen molar-refractivity contribution in [1.29, 1.82) is 5.26 Å². The van der Waals surface area contributed by atoms with E-state index in [4.69, 9.17) is 5.26 Å². The number of aliphatic hydroxyl groups is 1. The summed E-state index contributed by atoms with van der Waals surface area (Å²) in [4.78, 5) is 3.12. The molecule has 0 saturated heterocycles. The first-order chi connectivity index (χ1) is 7.24. The zero-order chi connectivity index (χ0) is 10.8. The van der Waals surface area contributed by atoms with Crippen molar-refractivity contribution in [2.45, 2.75) is 19.4 Å². The summed E-state index contributed by atoms with van der Waals surface area (Å²) in [5, 5.41) is 19.4. The Morgan fingerprint density at radius 2 is 2.27 bits per heavy atom. The molecule has 1 heterocycles. The molecular weight excluding hydrogens is 188 g/mol. The minimum atomic E-state index is -0.456. The van der Waals surface area contributed by atoms with Crippen LogP contribution in [0.1, 0.15) is 30.7 Å². The standard InChI is InChI=1S/C12H12N2O/c1-2-12(15)11-6-9-4-3-8(7-13)5-10(9)14-11/h3-6,12,14-15H,2H2,1H3. The van der Waals surface area contributed by atoms with Gasteiger partial charge in [0.2, 0.25) is 0 Å². The molecule has 76 valence electrons. The summed E-state index contributed by atoms with van der Waals surface area (Å²) >= 11 is 0. The van der Waals surface area contributed by atoms with Gasteiger partial charge in [0.1, 0.15) is 0 Å². The number of benzene rings is 1. The molecule has 0 aliphatic heterocycles. The van der Waals surface area contributed by atoms with Gasteiger partial charge < -0.3 is 10.1 Å². The molecule has 0 bridgehead atoms. The first-order valence-corrected chi connectivity index (χ1v) is 4.95. The average Bonchev–Trinajstić information content (AvgIpc) is 2.70. The number of nitriles is 1. The van der Waals surface area contributed by atoms with Crippen LogP contribution in [0, 0.1) is 11.3 Å². The molecule has 0 aliphatic rings. The predicted octanol–water partition coefficient (Wildman–Crippen LogP) is 2.48. The lowest BCUT2D eigenvalue weighted by molar-refractivity contribution is 0.170. The van der Waals surface area contributed by atoms with Gasteiger partial charge in [-0.15, -0.1) is 0 Å². The average molecular weight is 200 g/mol. The molecule has 0 amide bonds. The lowest BCUT2D eigenvalue weighted by atomic mass is 10.1. The number of hydrogen-bond donors (Lipinski definition) is 2. The Labute approximate surface area is 88.0 Å². The maximum Gasteiger partial charge on any atom is 0.0992 e. The highest BCUT2D eigenvalue weighted by atomic mass is 16.3. The molecule has 0 aliphatic carbocycles. The monoisotopic (exact) mass is 200 g/mol. The number of hydrogen-bond acceptors (Lipinski definition) is 2. The second-order valence-electron chi connectivity index (χ2n) is 3.56. The Morgan fingerprint density at radius 1 is 1.47 bits per heavy atom. The molecule has 1 aromatic heterocycles. The minimum absolute atomic E-state index is 0.456. The summed E-state index contributed by atoms with van der Waals surface area (Å²) in [6, 6.07) is 9.46. The number of nitrogens with zero attached hydrogens (tertiary/aromatic N) is 1. The van der Waals surface area contributed by atoms with Crippen molar-refractivity contribution in [2.24, 2.45) is 0 Å². The van der Waals surface area contributed by atoms with Crippen molar-refractivity contribution < 1.29 is 5.11 Å². The molecule has 0 saturated carbocycles. The summed E-state index contributed by atoms with van der Waals surface area (Å²) in [6.45, 7) is 1.93.